The number of aromatic amines is 1. The van der Waals surface area contributed by atoms with Crippen molar-refractivity contribution < 1.29 is 30.3 Å². The predicted octanol–water partition coefficient (Wildman–Crippen LogP) is 5.63. The molecular weight excluding hydrogens is 703 g/mol. The van der Waals surface area contributed by atoms with Gasteiger partial charge in [0.2, 0.25) is 0 Å². The number of fused-ring (bicyclic) bond motifs is 1. The van der Waals surface area contributed by atoms with Gasteiger partial charge >= 0.3 is 0 Å². The van der Waals surface area contributed by atoms with Crippen LogP contribution in [0.4, 0.5) is 0 Å². The first-order valence-corrected chi connectivity index (χ1v) is 20.3. The van der Waals surface area contributed by atoms with Crippen LogP contribution in [0.1, 0.15) is 61.8 Å². The number of H-pyrrole nitrogens is 1. The summed E-state index contributed by atoms with van der Waals surface area (Å²) in [4.78, 5) is 3.29. The van der Waals surface area contributed by atoms with Crippen molar-refractivity contribution >= 4 is 0 Å². The van der Waals surface area contributed by atoms with E-state index in [1.807, 2.05) is 42.6 Å². The van der Waals surface area contributed by atoms with Gasteiger partial charge in [0.05, 0.1) is 18.0 Å². The lowest BCUT2D eigenvalue weighted by Gasteiger charge is -2.39. The molecule has 7 rings (SSSR count). The molecule has 0 amide bonds. The zero-order valence-corrected chi connectivity index (χ0v) is 32.1. The zero-order valence-electron chi connectivity index (χ0n) is 32.1. The molecule has 0 spiro atoms. The number of allylic oxidation sites excluding steroid dienone is 4. The third-order valence-corrected chi connectivity index (χ3v) is 12.4. The Hall–Kier alpha value is -4.72. The molecule has 2 aromatic carbocycles. The molecule has 1 aromatic heterocycles. The van der Waals surface area contributed by atoms with Crippen molar-refractivity contribution in [1.29, 1.82) is 0 Å². The van der Waals surface area contributed by atoms with E-state index in [0.717, 1.165) is 42.5 Å². The first-order chi connectivity index (χ1) is 27.1. The van der Waals surface area contributed by atoms with Crippen molar-refractivity contribution in [3.8, 4) is 23.3 Å². The smallest absolute Gasteiger partial charge is 0.161 e. The fraction of sp³-hybridized carbons (Fsp3) is 0.447. The van der Waals surface area contributed by atoms with Gasteiger partial charge in [0, 0.05) is 48.0 Å². The van der Waals surface area contributed by atoms with Gasteiger partial charge in [0.25, 0.3) is 0 Å². The Kier molecular flexibility index (Phi) is 12.7. The highest BCUT2D eigenvalue weighted by atomic mass is 16.5. The molecule has 9 N–H and O–H groups in total. The summed E-state index contributed by atoms with van der Waals surface area (Å²) in [5.41, 5.74) is 10.3. The molecule has 9 nitrogen and oxygen atoms in total. The summed E-state index contributed by atoms with van der Waals surface area (Å²) >= 11 is 0. The Morgan fingerprint density at radius 1 is 0.893 bits per heavy atom. The molecule has 56 heavy (non-hydrogen) atoms. The van der Waals surface area contributed by atoms with Crippen LogP contribution in [0.15, 0.2) is 115 Å². The van der Waals surface area contributed by atoms with E-state index in [1.54, 1.807) is 18.2 Å². The number of nitrogens with one attached hydrogen (secondary N) is 2. The van der Waals surface area contributed by atoms with Gasteiger partial charge in [-0.2, -0.15) is 0 Å². The number of aliphatic hydroxyl groups is 4. The highest BCUT2D eigenvalue weighted by molar-refractivity contribution is 5.45. The van der Waals surface area contributed by atoms with Gasteiger partial charge in [-0.15, -0.1) is 0 Å². The molecule has 0 bridgehead atoms. The second-order valence-electron chi connectivity index (χ2n) is 16.3. The molecule has 0 radical (unpaired) electrons. The number of hydrogen-bond acceptors (Lipinski definition) is 8. The van der Waals surface area contributed by atoms with Gasteiger partial charge in [-0.05, 0) is 91.0 Å². The van der Waals surface area contributed by atoms with Crippen LogP contribution in [-0.2, 0) is 12.8 Å². The molecule has 12 unspecified atom stereocenters. The van der Waals surface area contributed by atoms with Crippen LogP contribution in [0.25, 0.3) is 0 Å². The van der Waals surface area contributed by atoms with E-state index in [9.17, 15) is 25.5 Å². The molecule has 0 saturated carbocycles. The molecule has 12 atom stereocenters. The van der Waals surface area contributed by atoms with Crippen molar-refractivity contribution in [2.75, 3.05) is 6.54 Å². The second-order valence-corrected chi connectivity index (χ2v) is 16.3. The summed E-state index contributed by atoms with van der Waals surface area (Å²) in [6.45, 7) is 2.84. The third kappa shape index (κ3) is 9.28. The number of phenolic OH excluding ortho intramolecular Hbond substituents is 1. The van der Waals surface area contributed by atoms with Crippen molar-refractivity contribution in [3.05, 3.63) is 132 Å². The average Bonchev–Trinajstić information content (AvgIpc) is 3.65. The van der Waals surface area contributed by atoms with E-state index in [2.05, 4.69) is 71.6 Å². The molecular formula is C47H57N3O6. The molecule has 0 saturated heterocycles. The lowest BCUT2D eigenvalue weighted by molar-refractivity contribution is -0.0608. The monoisotopic (exact) mass is 759 g/mol. The molecule has 9 heteroatoms. The molecule has 296 valence electrons. The van der Waals surface area contributed by atoms with Gasteiger partial charge < -0.3 is 46.3 Å². The number of rotatable bonds is 10. The highest BCUT2D eigenvalue weighted by Crippen LogP contribution is 2.42. The Bertz CT molecular complexity index is 1940. The minimum atomic E-state index is -1.27. The lowest BCUT2D eigenvalue weighted by atomic mass is 9.74. The predicted molar refractivity (Wildman–Crippen MR) is 218 cm³/mol. The maximum Gasteiger partial charge on any atom is 0.161 e. The maximum atomic E-state index is 11.8. The Morgan fingerprint density at radius 3 is 2.50 bits per heavy atom. The largest absolute Gasteiger partial charge is 0.504 e. The van der Waals surface area contributed by atoms with Crippen molar-refractivity contribution in [2.24, 2.45) is 41.2 Å². The average molecular weight is 760 g/mol. The first kappa shape index (κ1) is 39.5. The molecule has 3 aromatic rings. The Morgan fingerprint density at radius 2 is 1.71 bits per heavy atom. The van der Waals surface area contributed by atoms with Gasteiger partial charge in [-0.25, -0.2) is 0 Å². The molecule has 1 aliphatic heterocycles. The number of dihydropyridines is 1. The van der Waals surface area contributed by atoms with Gasteiger partial charge in [0.15, 0.2) is 11.5 Å². The summed E-state index contributed by atoms with van der Waals surface area (Å²) < 4.78 is 6.57. The van der Waals surface area contributed by atoms with Crippen LogP contribution in [0.2, 0.25) is 0 Å². The van der Waals surface area contributed by atoms with E-state index in [-0.39, 0.29) is 35.2 Å². The third-order valence-electron chi connectivity index (χ3n) is 12.4. The Labute approximate surface area is 330 Å². The molecule has 4 aliphatic rings. The summed E-state index contributed by atoms with van der Waals surface area (Å²) in [6.07, 6.45) is 14.0. The highest BCUT2D eigenvalue weighted by Gasteiger charge is 2.42. The fourth-order valence-electron chi connectivity index (χ4n) is 9.19. The molecule has 2 heterocycles. The number of ether oxygens (including phenoxy) is 1. The van der Waals surface area contributed by atoms with E-state index in [1.165, 1.54) is 5.56 Å². The van der Waals surface area contributed by atoms with E-state index < -0.39 is 42.4 Å². The number of aliphatic hydroxyl groups excluding tert-OH is 4. The fourth-order valence-corrected chi connectivity index (χ4v) is 9.19. The number of aromatic nitrogens is 1. The zero-order chi connectivity index (χ0) is 39.2. The van der Waals surface area contributed by atoms with E-state index in [4.69, 9.17) is 10.5 Å². The second kappa shape index (κ2) is 18.0. The molecule has 0 fully saturated rings. The van der Waals surface area contributed by atoms with Crippen molar-refractivity contribution in [3.63, 3.8) is 0 Å². The standard InChI is InChI=1S/C47H57N3O6/c1-29(24-30-8-3-2-4-9-30)31-10-5-6-12-40(52)45-32(14-13-31)15-16-33(25-42(45)54)34-17-19-39(51)43(26-34)56-47-37(18-20-41(53)46(47)55)38(28-36-11-7-22-49-36)35-21-23-50-44(48)27-35/h2-4,7-9,11,15-22,26-27,29,31-33,37-38,40-42,45-47,49-55H,5-6,10,12,23-25,28,48H2,1H3. The lowest BCUT2D eigenvalue weighted by Crippen LogP contribution is -2.50. The van der Waals surface area contributed by atoms with Crippen LogP contribution >= 0.6 is 0 Å². The maximum absolute atomic E-state index is 11.8. The molecule has 3 aliphatic carbocycles. The Balaban J connectivity index is 1.15. The van der Waals surface area contributed by atoms with Crippen LogP contribution in [0.3, 0.4) is 0 Å². The number of hydrogen-bond donors (Lipinski definition) is 8. The minimum Gasteiger partial charge on any atom is -0.504 e. The summed E-state index contributed by atoms with van der Waals surface area (Å²) in [6, 6.07) is 19.6. The van der Waals surface area contributed by atoms with Gasteiger partial charge in [-0.3, -0.25) is 0 Å². The van der Waals surface area contributed by atoms with Crippen LogP contribution < -0.4 is 15.8 Å². The van der Waals surface area contributed by atoms with Gasteiger partial charge in [-0.1, -0.05) is 98.4 Å². The van der Waals surface area contributed by atoms with E-state index >= 15 is 0 Å². The van der Waals surface area contributed by atoms with Crippen LogP contribution in [-0.4, -0.2) is 67.6 Å². The SMILES string of the molecule is CC(Cc1ccccc1)C1C#CC2C=CC(c3ccc(O)c(OC4C(O)C(O)C=CC4C(Cc4ccc[nH]4)C4=CCNC(N)=C4)c3)CC(O)C2C(O)CCCC1. The topological polar surface area (TPSA) is 164 Å². The quantitative estimate of drug-likeness (QED) is 0.0974. The summed E-state index contributed by atoms with van der Waals surface area (Å²) in [7, 11) is 0. The van der Waals surface area contributed by atoms with Crippen LogP contribution in [0.5, 0.6) is 11.5 Å². The number of benzene rings is 2. The number of nitrogens with two attached hydrogens (primary N) is 1. The minimum absolute atomic E-state index is 0.0980. The first-order valence-electron chi connectivity index (χ1n) is 20.3. The normalized spacial score (nSPS) is 31.6. The van der Waals surface area contributed by atoms with Crippen LogP contribution in [0, 0.1) is 47.3 Å². The number of phenols is 1. The summed E-state index contributed by atoms with van der Waals surface area (Å²) in [5.74, 6) is 6.75. The van der Waals surface area contributed by atoms with Crippen molar-refractivity contribution in [1.82, 2.24) is 10.3 Å². The number of aromatic hydroxyl groups is 1. The van der Waals surface area contributed by atoms with E-state index in [0.29, 0.717) is 37.5 Å². The van der Waals surface area contributed by atoms with Gasteiger partial charge in [0.1, 0.15) is 18.3 Å². The summed E-state index contributed by atoms with van der Waals surface area (Å²) in [5, 5.41) is 59.8. The van der Waals surface area contributed by atoms with Crippen molar-refractivity contribution in [2.45, 2.75) is 88.3 Å².